The van der Waals surface area contributed by atoms with Gasteiger partial charge < -0.3 is 9.67 Å². The van der Waals surface area contributed by atoms with Crippen molar-refractivity contribution in [2.45, 2.75) is 25.3 Å². The molecule has 1 unspecified atom stereocenters. The first-order chi connectivity index (χ1) is 9.16. The van der Waals surface area contributed by atoms with Crippen LogP contribution in [0.5, 0.6) is 0 Å². The van der Waals surface area contributed by atoms with Gasteiger partial charge >= 0.3 is 5.97 Å². The lowest BCUT2D eigenvalue weighted by atomic mass is 9.96. The Bertz CT molecular complexity index is 636. The molecular formula is C14H13BrN2O2. The SMILES string of the molecule is O=C(O)C1CCCn2c1cnc2-c1cccc(Br)c1. The number of carboxylic acid groups (broad SMARTS) is 1. The van der Waals surface area contributed by atoms with Gasteiger partial charge in [-0.2, -0.15) is 0 Å². The number of hydrogen-bond acceptors (Lipinski definition) is 2. The molecule has 1 aliphatic rings. The fraction of sp³-hybridized carbons (Fsp3) is 0.286. The summed E-state index contributed by atoms with van der Waals surface area (Å²) in [5.74, 6) is -0.342. The van der Waals surface area contributed by atoms with Crippen LogP contribution in [0.25, 0.3) is 11.4 Å². The average Bonchev–Trinajstić information content (AvgIpc) is 2.82. The maximum atomic E-state index is 11.3. The topological polar surface area (TPSA) is 55.1 Å². The Balaban J connectivity index is 2.08. The summed E-state index contributed by atoms with van der Waals surface area (Å²) in [5.41, 5.74) is 1.82. The van der Waals surface area contributed by atoms with E-state index in [-0.39, 0.29) is 0 Å². The highest BCUT2D eigenvalue weighted by molar-refractivity contribution is 9.10. The first kappa shape index (κ1) is 12.4. The minimum Gasteiger partial charge on any atom is -0.481 e. The zero-order valence-corrected chi connectivity index (χ0v) is 11.8. The second kappa shape index (κ2) is 4.81. The molecule has 5 heteroatoms. The zero-order chi connectivity index (χ0) is 13.4. The summed E-state index contributed by atoms with van der Waals surface area (Å²) in [5, 5.41) is 9.26. The summed E-state index contributed by atoms with van der Waals surface area (Å²) >= 11 is 3.45. The molecule has 0 amide bonds. The second-order valence-electron chi connectivity index (χ2n) is 4.70. The van der Waals surface area contributed by atoms with Crippen molar-refractivity contribution in [2.75, 3.05) is 0 Å². The first-order valence-corrected chi connectivity index (χ1v) is 7.00. The average molecular weight is 321 g/mol. The minimum absolute atomic E-state index is 0.429. The fourth-order valence-corrected chi connectivity index (χ4v) is 3.01. The highest BCUT2D eigenvalue weighted by Gasteiger charge is 2.28. The molecule has 1 N–H and O–H groups in total. The van der Waals surface area contributed by atoms with Crippen LogP contribution < -0.4 is 0 Å². The van der Waals surface area contributed by atoms with E-state index in [1.807, 2.05) is 28.8 Å². The molecule has 4 nitrogen and oxygen atoms in total. The van der Waals surface area contributed by atoms with Crippen molar-refractivity contribution in [1.82, 2.24) is 9.55 Å². The van der Waals surface area contributed by atoms with Crippen molar-refractivity contribution in [2.24, 2.45) is 0 Å². The van der Waals surface area contributed by atoms with E-state index in [1.165, 1.54) is 0 Å². The van der Waals surface area contributed by atoms with Gasteiger partial charge in [0, 0.05) is 22.8 Å². The maximum Gasteiger partial charge on any atom is 0.312 e. The van der Waals surface area contributed by atoms with Gasteiger partial charge in [-0.25, -0.2) is 4.98 Å². The van der Waals surface area contributed by atoms with Crippen molar-refractivity contribution in [3.8, 4) is 11.4 Å². The molecule has 1 aromatic carbocycles. The van der Waals surface area contributed by atoms with Gasteiger partial charge in [0.05, 0.1) is 11.6 Å². The van der Waals surface area contributed by atoms with Crippen LogP contribution in [0.2, 0.25) is 0 Å². The molecular weight excluding hydrogens is 308 g/mol. The Morgan fingerprint density at radius 1 is 1.47 bits per heavy atom. The number of rotatable bonds is 2. The Morgan fingerprint density at radius 2 is 2.32 bits per heavy atom. The lowest BCUT2D eigenvalue weighted by Crippen LogP contribution is -2.21. The monoisotopic (exact) mass is 320 g/mol. The summed E-state index contributed by atoms with van der Waals surface area (Å²) in [6, 6.07) is 7.91. The number of carboxylic acids is 1. The lowest BCUT2D eigenvalue weighted by molar-refractivity contribution is -0.139. The van der Waals surface area contributed by atoms with E-state index in [9.17, 15) is 9.90 Å². The molecule has 0 fully saturated rings. The fourth-order valence-electron chi connectivity index (χ4n) is 2.61. The Hall–Kier alpha value is -1.62. The van der Waals surface area contributed by atoms with Crippen LogP contribution in [-0.4, -0.2) is 20.6 Å². The third kappa shape index (κ3) is 2.18. The molecule has 98 valence electrons. The predicted octanol–water partition coefficient (Wildman–Crippen LogP) is 3.27. The summed E-state index contributed by atoms with van der Waals surface area (Å²) in [6.07, 6.45) is 3.27. The second-order valence-corrected chi connectivity index (χ2v) is 5.62. The van der Waals surface area contributed by atoms with Crippen LogP contribution in [-0.2, 0) is 11.3 Å². The lowest BCUT2D eigenvalue weighted by Gasteiger charge is -2.22. The molecule has 0 bridgehead atoms. The molecule has 2 aromatic rings. The molecule has 1 atom stereocenters. The van der Waals surface area contributed by atoms with Crippen LogP contribution >= 0.6 is 15.9 Å². The largest absolute Gasteiger partial charge is 0.481 e. The molecule has 2 heterocycles. The van der Waals surface area contributed by atoms with Crippen LogP contribution in [0.1, 0.15) is 24.5 Å². The zero-order valence-electron chi connectivity index (χ0n) is 10.2. The number of aliphatic carboxylic acids is 1. The van der Waals surface area contributed by atoms with Crippen molar-refractivity contribution in [3.63, 3.8) is 0 Å². The van der Waals surface area contributed by atoms with E-state index in [1.54, 1.807) is 6.20 Å². The number of nitrogens with zero attached hydrogens (tertiary/aromatic N) is 2. The highest BCUT2D eigenvalue weighted by atomic mass is 79.9. The third-order valence-corrected chi connectivity index (χ3v) is 3.99. The first-order valence-electron chi connectivity index (χ1n) is 6.21. The summed E-state index contributed by atoms with van der Waals surface area (Å²) in [6.45, 7) is 0.834. The van der Waals surface area contributed by atoms with Crippen molar-refractivity contribution in [1.29, 1.82) is 0 Å². The molecule has 1 aromatic heterocycles. The van der Waals surface area contributed by atoms with Gasteiger partial charge in [0.15, 0.2) is 0 Å². The molecule has 0 radical (unpaired) electrons. The highest BCUT2D eigenvalue weighted by Crippen LogP contribution is 2.32. The third-order valence-electron chi connectivity index (χ3n) is 3.50. The van der Waals surface area contributed by atoms with E-state index in [0.29, 0.717) is 6.42 Å². The quantitative estimate of drug-likeness (QED) is 0.923. The maximum absolute atomic E-state index is 11.3. The van der Waals surface area contributed by atoms with Gasteiger partial charge in [-0.05, 0) is 25.0 Å². The number of carbonyl (C=O) groups is 1. The molecule has 1 aliphatic heterocycles. The smallest absolute Gasteiger partial charge is 0.312 e. The summed E-state index contributed by atoms with van der Waals surface area (Å²) < 4.78 is 3.03. The van der Waals surface area contributed by atoms with Gasteiger partial charge in [-0.15, -0.1) is 0 Å². The normalized spacial score (nSPS) is 18.1. The molecule has 0 saturated heterocycles. The molecule has 0 aliphatic carbocycles. The molecule has 0 spiro atoms. The molecule has 3 rings (SSSR count). The van der Waals surface area contributed by atoms with Crippen molar-refractivity contribution in [3.05, 3.63) is 40.6 Å². The van der Waals surface area contributed by atoms with Gasteiger partial charge in [-0.3, -0.25) is 4.79 Å². The Morgan fingerprint density at radius 3 is 3.05 bits per heavy atom. The van der Waals surface area contributed by atoms with E-state index in [4.69, 9.17) is 0 Å². The van der Waals surface area contributed by atoms with Crippen molar-refractivity contribution >= 4 is 21.9 Å². The standard InChI is InChI=1S/C14H13BrN2O2/c15-10-4-1-3-9(7-10)13-16-8-12-11(14(18)19)5-2-6-17(12)13/h1,3-4,7-8,11H,2,5-6H2,(H,18,19). The van der Waals surface area contributed by atoms with Gasteiger partial charge in [0.25, 0.3) is 0 Å². The molecule has 19 heavy (non-hydrogen) atoms. The summed E-state index contributed by atoms with van der Waals surface area (Å²) in [4.78, 5) is 15.7. The number of fused-ring (bicyclic) bond motifs is 1. The number of benzene rings is 1. The number of hydrogen-bond donors (Lipinski definition) is 1. The van der Waals surface area contributed by atoms with E-state index in [0.717, 1.165) is 34.5 Å². The van der Waals surface area contributed by atoms with E-state index >= 15 is 0 Å². The Labute approximate surface area is 119 Å². The number of imidazole rings is 1. The van der Waals surface area contributed by atoms with E-state index in [2.05, 4.69) is 20.9 Å². The van der Waals surface area contributed by atoms with Crippen molar-refractivity contribution < 1.29 is 9.90 Å². The minimum atomic E-state index is -0.762. The van der Waals surface area contributed by atoms with Gasteiger partial charge in [0.2, 0.25) is 0 Å². The predicted molar refractivity (Wildman–Crippen MR) is 75.0 cm³/mol. The Kier molecular flexibility index (Phi) is 3.14. The number of aromatic nitrogens is 2. The molecule has 0 saturated carbocycles. The van der Waals surface area contributed by atoms with Gasteiger partial charge in [0.1, 0.15) is 5.82 Å². The van der Waals surface area contributed by atoms with Gasteiger partial charge in [-0.1, -0.05) is 28.1 Å². The van der Waals surface area contributed by atoms with Crippen LogP contribution in [0.4, 0.5) is 0 Å². The number of halogens is 1. The van der Waals surface area contributed by atoms with Crippen LogP contribution in [0, 0.1) is 0 Å². The van der Waals surface area contributed by atoms with Crippen LogP contribution in [0.15, 0.2) is 34.9 Å². The summed E-state index contributed by atoms with van der Waals surface area (Å²) in [7, 11) is 0. The van der Waals surface area contributed by atoms with E-state index < -0.39 is 11.9 Å². The van der Waals surface area contributed by atoms with Crippen LogP contribution in [0.3, 0.4) is 0 Å².